The molecule has 1 fully saturated rings. The van der Waals surface area contributed by atoms with Gasteiger partial charge in [0.25, 0.3) is 0 Å². The Bertz CT molecular complexity index is 399. The van der Waals surface area contributed by atoms with E-state index in [4.69, 9.17) is 4.74 Å². The van der Waals surface area contributed by atoms with Crippen LogP contribution in [0.2, 0.25) is 0 Å². The standard InChI is InChI=1S/C15H22N2O2/c1-12-2-6-14(7-3-12)19-9-8-17-15(18)11-16-10-13-4-5-13/h2-3,6-7,13,16H,4-5,8-11H2,1H3,(H,17,18). The van der Waals surface area contributed by atoms with E-state index in [9.17, 15) is 4.79 Å². The molecule has 0 radical (unpaired) electrons. The second kappa shape index (κ2) is 7.14. The summed E-state index contributed by atoms with van der Waals surface area (Å²) in [7, 11) is 0. The molecule has 0 aromatic heterocycles. The van der Waals surface area contributed by atoms with Crippen molar-refractivity contribution in [2.45, 2.75) is 19.8 Å². The van der Waals surface area contributed by atoms with Crippen molar-refractivity contribution in [1.29, 1.82) is 0 Å². The Hall–Kier alpha value is -1.55. The molecule has 104 valence electrons. The molecule has 0 aliphatic heterocycles. The lowest BCUT2D eigenvalue weighted by Crippen LogP contribution is -2.36. The predicted octanol–water partition coefficient (Wildman–Crippen LogP) is 1.49. The molecule has 4 nitrogen and oxygen atoms in total. The number of hydrogen-bond donors (Lipinski definition) is 2. The third-order valence-electron chi connectivity index (χ3n) is 3.13. The van der Waals surface area contributed by atoms with Gasteiger partial charge in [0, 0.05) is 0 Å². The van der Waals surface area contributed by atoms with E-state index in [0.717, 1.165) is 18.2 Å². The van der Waals surface area contributed by atoms with E-state index in [1.54, 1.807) is 0 Å². The summed E-state index contributed by atoms with van der Waals surface area (Å²) in [4.78, 5) is 11.5. The van der Waals surface area contributed by atoms with E-state index in [0.29, 0.717) is 19.7 Å². The van der Waals surface area contributed by atoms with E-state index in [-0.39, 0.29) is 5.91 Å². The van der Waals surface area contributed by atoms with Crippen LogP contribution in [0.15, 0.2) is 24.3 Å². The van der Waals surface area contributed by atoms with Crippen molar-refractivity contribution in [3.8, 4) is 5.75 Å². The molecule has 0 heterocycles. The highest BCUT2D eigenvalue weighted by atomic mass is 16.5. The lowest BCUT2D eigenvalue weighted by molar-refractivity contribution is -0.120. The average Bonchev–Trinajstić information content (AvgIpc) is 3.21. The molecule has 0 saturated heterocycles. The minimum Gasteiger partial charge on any atom is -0.492 e. The minimum atomic E-state index is 0.0353. The van der Waals surface area contributed by atoms with Gasteiger partial charge in [-0.15, -0.1) is 0 Å². The largest absolute Gasteiger partial charge is 0.492 e. The molecule has 1 aromatic carbocycles. The van der Waals surface area contributed by atoms with Crippen LogP contribution in [0.5, 0.6) is 5.75 Å². The summed E-state index contributed by atoms with van der Waals surface area (Å²) in [6.07, 6.45) is 2.61. The second-order valence-electron chi connectivity index (χ2n) is 5.09. The summed E-state index contributed by atoms with van der Waals surface area (Å²) in [6, 6.07) is 7.90. The SMILES string of the molecule is Cc1ccc(OCCNC(=O)CNCC2CC2)cc1. The maximum absolute atomic E-state index is 11.5. The molecule has 0 bridgehead atoms. The number of carbonyl (C=O) groups excluding carboxylic acids is 1. The number of aryl methyl sites for hydroxylation is 1. The fraction of sp³-hybridized carbons (Fsp3) is 0.533. The summed E-state index contributed by atoms with van der Waals surface area (Å²) in [5.74, 6) is 1.68. The quantitative estimate of drug-likeness (QED) is 0.698. The number of hydrogen-bond acceptors (Lipinski definition) is 3. The molecular weight excluding hydrogens is 240 g/mol. The summed E-state index contributed by atoms with van der Waals surface area (Å²) in [6.45, 7) is 4.45. The van der Waals surface area contributed by atoms with Gasteiger partial charge in [-0.1, -0.05) is 17.7 Å². The van der Waals surface area contributed by atoms with Crippen LogP contribution < -0.4 is 15.4 Å². The van der Waals surface area contributed by atoms with Gasteiger partial charge in [0.2, 0.25) is 5.91 Å². The zero-order valence-electron chi connectivity index (χ0n) is 11.4. The fourth-order valence-electron chi connectivity index (χ4n) is 1.77. The highest BCUT2D eigenvalue weighted by Gasteiger charge is 2.20. The van der Waals surface area contributed by atoms with Crippen molar-refractivity contribution in [3.63, 3.8) is 0 Å². The van der Waals surface area contributed by atoms with Crippen LogP contribution in [0.4, 0.5) is 0 Å². The zero-order valence-corrected chi connectivity index (χ0v) is 11.4. The molecule has 1 aliphatic carbocycles. The number of ether oxygens (including phenoxy) is 1. The molecule has 0 unspecified atom stereocenters. The van der Waals surface area contributed by atoms with E-state index in [1.165, 1.54) is 18.4 Å². The van der Waals surface area contributed by atoms with Gasteiger partial charge in [0.15, 0.2) is 0 Å². The predicted molar refractivity (Wildman–Crippen MR) is 75.3 cm³/mol. The first kappa shape index (κ1) is 13.9. The molecule has 2 rings (SSSR count). The number of nitrogens with one attached hydrogen (secondary N) is 2. The Kier molecular flexibility index (Phi) is 5.21. The Morgan fingerprint density at radius 1 is 1.32 bits per heavy atom. The first-order valence-electron chi connectivity index (χ1n) is 6.91. The molecule has 4 heteroatoms. The van der Waals surface area contributed by atoms with Gasteiger partial charge in [0.05, 0.1) is 13.1 Å². The van der Waals surface area contributed by atoms with Crippen LogP contribution in [0, 0.1) is 12.8 Å². The van der Waals surface area contributed by atoms with Crippen molar-refractivity contribution in [3.05, 3.63) is 29.8 Å². The maximum Gasteiger partial charge on any atom is 0.234 e. The highest BCUT2D eigenvalue weighted by Crippen LogP contribution is 2.27. The second-order valence-corrected chi connectivity index (χ2v) is 5.09. The summed E-state index contributed by atoms with van der Waals surface area (Å²) < 4.78 is 5.53. The molecule has 1 saturated carbocycles. The summed E-state index contributed by atoms with van der Waals surface area (Å²) >= 11 is 0. The van der Waals surface area contributed by atoms with Crippen molar-refractivity contribution >= 4 is 5.91 Å². The van der Waals surface area contributed by atoms with E-state index >= 15 is 0 Å². The molecule has 1 aliphatic rings. The van der Waals surface area contributed by atoms with E-state index in [2.05, 4.69) is 10.6 Å². The van der Waals surface area contributed by atoms with Crippen molar-refractivity contribution in [2.75, 3.05) is 26.2 Å². The average molecular weight is 262 g/mol. The summed E-state index contributed by atoms with van der Waals surface area (Å²) in [5, 5.41) is 5.99. The number of benzene rings is 1. The van der Waals surface area contributed by atoms with Crippen LogP contribution in [0.25, 0.3) is 0 Å². The van der Waals surface area contributed by atoms with Crippen LogP contribution in [-0.4, -0.2) is 32.1 Å². The third-order valence-corrected chi connectivity index (χ3v) is 3.13. The molecule has 2 N–H and O–H groups in total. The van der Waals surface area contributed by atoms with Crippen molar-refractivity contribution < 1.29 is 9.53 Å². The van der Waals surface area contributed by atoms with Gasteiger partial charge in [-0.2, -0.15) is 0 Å². The molecule has 0 atom stereocenters. The molecule has 19 heavy (non-hydrogen) atoms. The van der Waals surface area contributed by atoms with Gasteiger partial charge >= 0.3 is 0 Å². The number of amides is 1. The fourth-order valence-corrected chi connectivity index (χ4v) is 1.77. The van der Waals surface area contributed by atoms with Crippen molar-refractivity contribution in [2.24, 2.45) is 5.92 Å². The topological polar surface area (TPSA) is 50.4 Å². The van der Waals surface area contributed by atoms with E-state index < -0.39 is 0 Å². The lowest BCUT2D eigenvalue weighted by atomic mass is 10.2. The Balaban J connectivity index is 1.50. The molecule has 0 spiro atoms. The van der Waals surface area contributed by atoms with Gasteiger partial charge in [-0.05, 0) is 44.4 Å². The highest BCUT2D eigenvalue weighted by molar-refractivity contribution is 5.77. The van der Waals surface area contributed by atoms with Crippen LogP contribution in [0.1, 0.15) is 18.4 Å². The Labute approximate surface area is 114 Å². The number of carbonyl (C=O) groups is 1. The van der Waals surface area contributed by atoms with Crippen LogP contribution >= 0.6 is 0 Å². The van der Waals surface area contributed by atoms with E-state index in [1.807, 2.05) is 31.2 Å². The Morgan fingerprint density at radius 3 is 2.74 bits per heavy atom. The lowest BCUT2D eigenvalue weighted by Gasteiger charge is -2.08. The van der Waals surface area contributed by atoms with Gasteiger partial charge in [-0.3, -0.25) is 4.79 Å². The Morgan fingerprint density at radius 2 is 2.05 bits per heavy atom. The first-order chi connectivity index (χ1) is 9.24. The van der Waals surface area contributed by atoms with Gasteiger partial charge in [-0.25, -0.2) is 0 Å². The molecule has 1 amide bonds. The zero-order chi connectivity index (χ0) is 13.5. The smallest absolute Gasteiger partial charge is 0.234 e. The van der Waals surface area contributed by atoms with Crippen LogP contribution in [-0.2, 0) is 4.79 Å². The third kappa shape index (κ3) is 5.75. The van der Waals surface area contributed by atoms with Gasteiger partial charge < -0.3 is 15.4 Å². The summed E-state index contributed by atoms with van der Waals surface area (Å²) in [5.41, 5.74) is 1.21. The number of rotatable bonds is 8. The molecule has 1 aromatic rings. The minimum absolute atomic E-state index is 0.0353. The van der Waals surface area contributed by atoms with Gasteiger partial charge in [0.1, 0.15) is 12.4 Å². The maximum atomic E-state index is 11.5. The monoisotopic (exact) mass is 262 g/mol. The molecular formula is C15H22N2O2. The van der Waals surface area contributed by atoms with Crippen LogP contribution in [0.3, 0.4) is 0 Å². The normalized spacial score (nSPS) is 14.2. The first-order valence-corrected chi connectivity index (χ1v) is 6.91. The van der Waals surface area contributed by atoms with Crippen molar-refractivity contribution in [1.82, 2.24) is 10.6 Å².